The Labute approximate surface area is 123 Å². The molecule has 21 heavy (non-hydrogen) atoms. The van der Waals surface area contributed by atoms with Crippen LogP contribution < -0.4 is 5.32 Å². The van der Waals surface area contributed by atoms with Gasteiger partial charge in [0.15, 0.2) is 0 Å². The van der Waals surface area contributed by atoms with E-state index in [9.17, 15) is 24.1 Å². The van der Waals surface area contributed by atoms with Crippen LogP contribution in [-0.4, -0.2) is 33.7 Å². The van der Waals surface area contributed by atoms with E-state index in [-0.39, 0.29) is 16.2 Å². The van der Waals surface area contributed by atoms with E-state index in [1.54, 1.807) is 0 Å². The Bertz CT molecular complexity index is 593. The van der Waals surface area contributed by atoms with Crippen molar-refractivity contribution in [1.29, 1.82) is 0 Å². The van der Waals surface area contributed by atoms with Crippen molar-refractivity contribution in [1.82, 2.24) is 5.32 Å². The zero-order chi connectivity index (χ0) is 16.2. The number of nitro groups is 1. The number of hydrogen-bond acceptors (Lipinski definition) is 5. The van der Waals surface area contributed by atoms with Crippen molar-refractivity contribution in [3.8, 4) is 0 Å². The van der Waals surface area contributed by atoms with Crippen LogP contribution in [0.4, 0.5) is 10.1 Å². The Hall–Kier alpha value is -2.16. The molecule has 2 N–H and O–H groups in total. The summed E-state index contributed by atoms with van der Waals surface area (Å²) in [6.07, 6.45) is 0. The number of thioether (sulfide) groups is 1. The highest BCUT2D eigenvalue weighted by molar-refractivity contribution is 7.99. The minimum absolute atomic E-state index is 0.110. The first-order valence-electron chi connectivity index (χ1n) is 5.79. The lowest BCUT2D eigenvalue weighted by molar-refractivity contribution is -0.387. The van der Waals surface area contributed by atoms with Crippen LogP contribution in [0.15, 0.2) is 17.0 Å². The summed E-state index contributed by atoms with van der Waals surface area (Å²) in [6, 6.07) is 0.897. The highest BCUT2D eigenvalue weighted by atomic mass is 32.2. The van der Waals surface area contributed by atoms with Gasteiger partial charge in [-0.05, 0) is 18.6 Å². The summed E-state index contributed by atoms with van der Waals surface area (Å²) in [5, 5.41) is 22.1. The standard InChI is InChI=1S/C12H13FN2O5S/c1-6-3-11(10(15(19)20)4-8(6)13)21-5-9(12(17)18)14-7(2)16/h3-4,9H,5H2,1-2H3,(H,14,16)(H,17,18). The van der Waals surface area contributed by atoms with Crippen LogP contribution in [0, 0.1) is 22.9 Å². The number of halogens is 1. The quantitative estimate of drug-likeness (QED) is 0.470. The normalized spacial score (nSPS) is 11.8. The monoisotopic (exact) mass is 316 g/mol. The number of carbonyl (C=O) groups excluding carboxylic acids is 1. The van der Waals surface area contributed by atoms with Crippen molar-refractivity contribution in [2.45, 2.75) is 24.8 Å². The van der Waals surface area contributed by atoms with Gasteiger partial charge in [0.2, 0.25) is 5.91 Å². The second-order valence-electron chi connectivity index (χ2n) is 4.23. The van der Waals surface area contributed by atoms with Crippen molar-refractivity contribution in [2.24, 2.45) is 0 Å². The van der Waals surface area contributed by atoms with Gasteiger partial charge in [-0.1, -0.05) is 0 Å². The van der Waals surface area contributed by atoms with E-state index < -0.39 is 34.3 Å². The van der Waals surface area contributed by atoms with Crippen molar-refractivity contribution >= 4 is 29.3 Å². The van der Waals surface area contributed by atoms with Gasteiger partial charge in [-0.2, -0.15) is 0 Å². The molecule has 1 unspecified atom stereocenters. The Morgan fingerprint density at radius 3 is 2.62 bits per heavy atom. The third kappa shape index (κ3) is 4.71. The smallest absolute Gasteiger partial charge is 0.327 e. The summed E-state index contributed by atoms with van der Waals surface area (Å²) in [5.41, 5.74) is -0.218. The molecule has 1 aromatic rings. The van der Waals surface area contributed by atoms with Gasteiger partial charge in [0.1, 0.15) is 11.9 Å². The van der Waals surface area contributed by atoms with Gasteiger partial charge in [0.25, 0.3) is 5.69 Å². The molecular weight excluding hydrogens is 303 g/mol. The first kappa shape index (κ1) is 16.9. The predicted octanol–water partition coefficient (Wildman–Crippen LogP) is 1.72. The zero-order valence-electron chi connectivity index (χ0n) is 11.3. The molecule has 0 saturated carbocycles. The molecule has 0 aliphatic carbocycles. The fraction of sp³-hybridized carbons (Fsp3) is 0.333. The van der Waals surface area contributed by atoms with Crippen LogP contribution in [0.2, 0.25) is 0 Å². The van der Waals surface area contributed by atoms with Crippen LogP contribution >= 0.6 is 11.8 Å². The number of benzene rings is 1. The van der Waals surface area contributed by atoms with E-state index in [1.807, 2.05) is 0 Å². The third-order valence-corrected chi connectivity index (χ3v) is 3.66. The van der Waals surface area contributed by atoms with Crippen molar-refractivity contribution in [3.63, 3.8) is 0 Å². The van der Waals surface area contributed by atoms with Gasteiger partial charge in [0.05, 0.1) is 15.9 Å². The van der Waals surface area contributed by atoms with E-state index in [0.29, 0.717) is 0 Å². The number of amides is 1. The van der Waals surface area contributed by atoms with E-state index in [0.717, 1.165) is 17.8 Å². The maximum absolute atomic E-state index is 13.4. The molecular formula is C12H13FN2O5S. The molecule has 1 rings (SSSR count). The Kier molecular flexibility index (Phi) is 5.65. The number of aliphatic carboxylic acids is 1. The van der Waals surface area contributed by atoms with Gasteiger partial charge in [-0.25, -0.2) is 9.18 Å². The molecule has 0 radical (unpaired) electrons. The van der Waals surface area contributed by atoms with Crippen LogP contribution in [0.1, 0.15) is 12.5 Å². The van der Waals surface area contributed by atoms with Gasteiger partial charge in [-0.3, -0.25) is 14.9 Å². The summed E-state index contributed by atoms with van der Waals surface area (Å²) in [4.78, 5) is 32.2. The van der Waals surface area contributed by atoms with Crippen LogP contribution in [-0.2, 0) is 9.59 Å². The summed E-state index contributed by atoms with van der Waals surface area (Å²) >= 11 is 0.873. The van der Waals surface area contributed by atoms with E-state index in [2.05, 4.69) is 5.32 Å². The molecule has 0 heterocycles. The molecule has 1 amide bonds. The summed E-state index contributed by atoms with van der Waals surface area (Å²) in [6.45, 7) is 2.62. The lowest BCUT2D eigenvalue weighted by Gasteiger charge is -2.13. The number of hydrogen-bond donors (Lipinski definition) is 2. The maximum atomic E-state index is 13.4. The fourth-order valence-electron chi connectivity index (χ4n) is 1.50. The molecule has 0 bridgehead atoms. The fourth-order valence-corrected chi connectivity index (χ4v) is 2.61. The van der Waals surface area contributed by atoms with E-state index in [1.165, 1.54) is 19.9 Å². The number of nitro benzene ring substituents is 1. The number of rotatable bonds is 6. The van der Waals surface area contributed by atoms with Crippen LogP contribution in [0.25, 0.3) is 0 Å². The minimum atomic E-state index is -1.25. The molecule has 9 heteroatoms. The average molecular weight is 316 g/mol. The molecule has 1 atom stereocenters. The maximum Gasteiger partial charge on any atom is 0.327 e. The number of aryl methyl sites for hydroxylation is 1. The van der Waals surface area contributed by atoms with Gasteiger partial charge in [-0.15, -0.1) is 11.8 Å². The predicted molar refractivity (Wildman–Crippen MR) is 73.8 cm³/mol. The van der Waals surface area contributed by atoms with E-state index >= 15 is 0 Å². The molecule has 114 valence electrons. The lowest BCUT2D eigenvalue weighted by atomic mass is 10.2. The summed E-state index contributed by atoms with van der Waals surface area (Å²) in [7, 11) is 0. The molecule has 1 aromatic carbocycles. The Morgan fingerprint density at radius 2 is 2.14 bits per heavy atom. The first-order chi connectivity index (χ1) is 9.72. The summed E-state index contributed by atoms with van der Waals surface area (Å²) in [5.74, 6) is -2.59. The number of carboxylic acid groups (broad SMARTS) is 1. The van der Waals surface area contributed by atoms with Crippen molar-refractivity contribution in [2.75, 3.05) is 5.75 Å². The van der Waals surface area contributed by atoms with Crippen LogP contribution in [0.3, 0.4) is 0 Å². The second kappa shape index (κ2) is 7.02. The summed E-state index contributed by atoms with van der Waals surface area (Å²) < 4.78 is 13.4. The highest BCUT2D eigenvalue weighted by Gasteiger charge is 2.22. The molecule has 0 aromatic heterocycles. The molecule has 0 fully saturated rings. The van der Waals surface area contributed by atoms with Crippen molar-refractivity contribution < 1.29 is 24.0 Å². The van der Waals surface area contributed by atoms with E-state index in [4.69, 9.17) is 5.11 Å². The van der Waals surface area contributed by atoms with Gasteiger partial charge >= 0.3 is 5.97 Å². The number of nitrogens with zero attached hydrogens (tertiary/aromatic N) is 1. The number of carboxylic acids is 1. The molecule has 0 aliphatic rings. The number of nitrogens with one attached hydrogen (secondary N) is 1. The van der Waals surface area contributed by atoms with Crippen LogP contribution in [0.5, 0.6) is 0 Å². The topological polar surface area (TPSA) is 110 Å². The Morgan fingerprint density at radius 1 is 1.52 bits per heavy atom. The highest BCUT2D eigenvalue weighted by Crippen LogP contribution is 2.31. The lowest BCUT2D eigenvalue weighted by Crippen LogP contribution is -2.41. The molecule has 0 saturated heterocycles. The molecule has 0 spiro atoms. The van der Waals surface area contributed by atoms with Gasteiger partial charge < -0.3 is 10.4 Å². The average Bonchev–Trinajstić information content (AvgIpc) is 2.36. The zero-order valence-corrected chi connectivity index (χ0v) is 12.1. The first-order valence-corrected chi connectivity index (χ1v) is 6.78. The third-order valence-electron chi connectivity index (χ3n) is 2.52. The largest absolute Gasteiger partial charge is 0.480 e. The minimum Gasteiger partial charge on any atom is -0.480 e. The Balaban J connectivity index is 2.96. The van der Waals surface area contributed by atoms with Crippen molar-refractivity contribution in [3.05, 3.63) is 33.6 Å². The SMILES string of the molecule is CC(=O)NC(CSc1cc(C)c(F)cc1[N+](=O)[O-])C(=O)O. The molecule has 0 aliphatic heterocycles. The van der Waals surface area contributed by atoms with Gasteiger partial charge in [0, 0.05) is 12.7 Å². The molecule has 7 nitrogen and oxygen atoms in total. The second-order valence-corrected chi connectivity index (χ2v) is 5.29. The number of carbonyl (C=O) groups is 2.